The fourth-order valence-electron chi connectivity index (χ4n) is 1.70. The van der Waals surface area contributed by atoms with Gasteiger partial charge in [-0.05, 0) is 24.3 Å². The Morgan fingerprint density at radius 3 is 2.48 bits per heavy atom. The number of furan rings is 2. The smallest absolute Gasteiger partial charge is 0.309 e. The Balaban J connectivity index is 1.76. The fraction of sp³-hybridized carbons (Fsp3) is 0.286. The molecule has 2 amide bonds. The zero-order valence-electron chi connectivity index (χ0n) is 11.5. The van der Waals surface area contributed by atoms with Gasteiger partial charge in [-0.15, -0.1) is 0 Å². The molecule has 7 nitrogen and oxygen atoms in total. The third-order valence-corrected chi connectivity index (χ3v) is 2.80. The summed E-state index contributed by atoms with van der Waals surface area (Å²) < 4.78 is 15.4. The van der Waals surface area contributed by atoms with Gasteiger partial charge >= 0.3 is 11.8 Å². The molecule has 0 radical (unpaired) electrons. The Labute approximate surface area is 121 Å². The molecule has 2 rings (SSSR count). The maximum Gasteiger partial charge on any atom is 0.309 e. The van der Waals surface area contributed by atoms with E-state index in [0.29, 0.717) is 11.5 Å². The molecule has 0 fully saturated rings. The van der Waals surface area contributed by atoms with E-state index in [1.807, 2.05) is 0 Å². The molecule has 1 atom stereocenters. The Morgan fingerprint density at radius 2 is 1.86 bits per heavy atom. The highest BCUT2D eigenvalue weighted by Gasteiger charge is 2.18. The first-order valence-electron chi connectivity index (χ1n) is 6.35. The Morgan fingerprint density at radius 1 is 1.14 bits per heavy atom. The van der Waals surface area contributed by atoms with Gasteiger partial charge in [0.15, 0.2) is 0 Å². The molecule has 2 N–H and O–H groups in total. The van der Waals surface area contributed by atoms with Crippen molar-refractivity contribution in [2.24, 2.45) is 0 Å². The van der Waals surface area contributed by atoms with Crippen LogP contribution in [0.3, 0.4) is 0 Å². The number of carbonyl (C=O) groups is 2. The number of nitrogens with one attached hydrogen (secondary N) is 2. The van der Waals surface area contributed by atoms with Gasteiger partial charge in [-0.2, -0.15) is 0 Å². The van der Waals surface area contributed by atoms with Crippen molar-refractivity contribution in [3.8, 4) is 0 Å². The van der Waals surface area contributed by atoms with Crippen LogP contribution in [0.5, 0.6) is 0 Å². The normalized spacial score (nSPS) is 11.9. The lowest BCUT2D eigenvalue weighted by Gasteiger charge is -2.13. The SMILES string of the molecule is CO[C@@H](CNC(=O)C(=O)NCc1ccco1)c1ccco1. The van der Waals surface area contributed by atoms with Crippen molar-refractivity contribution in [2.75, 3.05) is 13.7 Å². The van der Waals surface area contributed by atoms with Gasteiger partial charge < -0.3 is 24.2 Å². The van der Waals surface area contributed by atoms with Crippen molar-refractivity contribution in [3.05, 3.63) is 48.3 Å². The summed E-state index contributed by atoms with van der Waals surface area (Å²) in [6.45, 7) is 0.294. The molecule has 112 valence electrons. The predicted molar refractivity (Wildman–Crippen MR) is 72.0 cm³/mol. The summed E-state index contributed by atoms with van der Waals surface area (Å²) in [6, 6.07) is 6.86. The van der Waals surface area contributed by atoms with Gasteiger partial charge in [0.2, 0.25) is 0 Å². The van der Waals surface area contributed by atoms with Gasteiger partial charge in [-0.3, -0.25) is 9.59 Å². The van der Waals surface area contributed by atoms with E-state index in [0.717, 1.165) is 0 Å². The van der Waals surface area contributed by atoms with Crippen LogP contribution >= 0.6 is 0 Å². The molecule has 2 heterocycles. The predicted octanol–water partition coefficient (Wildman–Crippen LogP) is 0.993. The highest BCUT2D eigenvalue weighted by Crippen LogP contribution is 2.15. The highest BCUT2D eigenvalue weighted by molar-refractivity contribution is 6.35. The number of carbonyl (C=O) groups excluding carboxylic acids is 2. The van der Waals surface area contributed by atoms with E-state index in [-0.39, 0.29) is 13.1 Å². The summed E-state index contributed by atoms with van der Waals surface area (Å²) in [5.74, 6) is -0.328. The zero-order chi connectivity index (χ0) is 15.1. The summed E-state index contributed by atoms with van der Waals surface area (Å²) in [5, 5.41) is 4.94. The number of hydrogen-bond donors (Lipinski definition) is 2. The second kappa shape index (κ2) is 7.30. The summed E-state index contributed by atoms with van der Waals surface area (Å²) in [4.78, 5) is 23.2. The maximum absolute atomic E-state index is 11.7. The zero-order valence-corrected chi connectivity index (χ0v) is 11.5. The molecule has 0 aliphatic rings. The van der Waals surface area contributed by atoms with Crippen LogP contribution < -0.4 is 10.6 Å². The molecule has 0 unspecified atom stereocenters. The van der Waals surface area contributed by atoms with Crippen molar-refractivity contribution in [1.29, 1.82) is 0 Å². The topological polar surface area (TPSA) is 93.7 Å². The average Bonchev–Trinajstić information content (AvgIpc) is 3.18. The summed E-state index contributed by atoms with van der Waals surface area (Å²) in [6.07, 6.45) is 2.56. The summed E-state index contributed by atoms with van der Waals surface area (Å²) in [5.41, 5.74) is 0. The molecular formula is C14H16N2O5. The Kier molecular flexibility index (Phi) is 5.16. The summed E-state index contributed by atoms with van der Waals surface area (Å²) >= 11 is 0. The van der Waals surface area contributed by atoms with Crippen LogP contribution in [-0.2, 0) is 20.9 Å². The lowest BCUT2D eigenvalue weighted by atomic mass is 10.2. The van der Waals surface area contributed by atoms with E-state index in [4.69, 9.17) is 13.6 Å². The molecule has 0 aromatic carbocycles. The van der Waals surface area contributed by atoms with E-state index < -0.39 is 17.9 Å². The third-order valence-electron chi connectivity index (χ3n) is 2.80. The van der Waals surface area contributed by atoms with E-state index >= 15 is 0 Å². The number of amides is 2. The van der Waals surface area contributed by atoms with Gasteiger partial charge in [0.05, 0.1) is 25.6 Å². The van der Waals surface area contributed by atoms with Gasteiger partial charge in [0.1, 0.15) is 17.6 Å². The Bertz CT molecular complexity index is 562. The molecule has 7 heteroatoms. The lowest BCUT2D eigenvalue weighted by molar-refractivity contribution is -0.139. The molecule has 2 aromatic rings. The minimum absolute atomic E-state index is 0.136. The molecule has 0 saturated heterocycles. The minimum atomic E-state index is -0.741. The van der Waals surface area contributed by atoms with E-state index in [9.17, 15) is 9.59 Å². The largest absolute Gasteiger partial charge is 0.467 e. The van der Waals surface area contributed by atoms with Crippen LogP contribution in [0.25, 0.3) is 0 Å². The monoisotopic (exact) mass is 292 g/mol. The van der Waals surface area contributed by atoms with Crippen LogP contribution in [0, 0.1) is 0 Å². The highest BCUT2D eigenvalue weighted by atomic mass is 16.5. The quantitative estimate of drug-likeness (QED) is 0.774. The number of methoxy groups -OCH3 is 1. The average molecular weight is 292 g/mol. The molecule has 0 saturated carbocycles. The first kappa shape index (κ1) is 14.9. The molecule has 0 aliphatic carbocycles. The van der Waals surface area contributed by atoms with Crippen LogP contribution in [-0.4, -0.2) is 25.5 Å². The van der Waals surface area contributed by atoms with Crippen molar-refractivity contribution < 1.29 is 23.2 Å². The molecule has 0 spiro atoms. The van der Waals surface area contributed by atoms with Crippen LogP contribution in [0.15, 0.2) is 45.6 Å². The Hall–Kier alpha value is -2.54. The second-order valence-electron chi connectivity index (χ2n) is 4.21. The first-order chi connectivity index (χ1) is 10.2. The molecule has 0 aliphatic heterocycles. The van der Waals surface area contributed by atoms with Gasteiger partial charge in [0, 0.05) is 7.11 Å². The van der Waals surface area contributed by atoms with Gasteiger partial charge in [-0.25, -0.2) is 0 Å². The first-order valence-corrected chi connectivity index (χ1v) is 6.35. The van der Waals surface area contributed by atoms with Crippen molar-refractivity contribution >= 4 is 11.8 Å². The van der Waals surface area contributed by atoms with E-state index in [1.165, 1.54) is 19.6 Å². The molecule has 2 aromatic heterocycles. The second-order valence-corrected chi connectivity index (χ2v) is 4.21. The third kappa shape index (κ3) is 4.22. The van der Waals surface area contributed by atoms with E-state index in [1.54, 1.807) is 24.3 Å². The maximum atomic E-state index is 11.7. The fourth-order valence-corrected chi connectivity index (χ4v) is 1.70. The number of rotatable bonds is 6. The number of hydrogen-bond acceptors (Lipinski definition) is 5. The van der Waals surface area contributed by atoms with Crippen molar-refractivity contribution in [3.63, 3.8) is 0 Å². The molecule has 0 bridgehead atoms. The van der Waals surface area contributed by atoms with Crippen molar-refractivity contribution in [1.82, 2.24) is 10.6 Å². The lowest BCUT2D eigenvalue weighted by Crippen LogP contribution is -2.41. The molecule has 21 heavy (non-hydrogen) atoms. The van der Waals surface area contributed by atoms with Gasteiger partial charge in [0.25, 0.3) is 0 Å². The standard InChI is InChI=1S/C14H16N2O5/c1-19-12(11-5-3-7-21-11)9-16-14(18)13(17)15-8-10-4-2-6-20-10/h2-7,12H,8-9H2,1H3,(H,15,17)(H,16,18)/t12-/m0/s1. The van der Waals surface area contributed by atoms with Crippen LogP contribution in [0.4, 0.5) is 0 Å². The van der Waals surface area contributed by atoms with E-state index in [2.05, 4.69) is 10.6 Å². The van der Waals surface area contributed by atoms with Gasteiger partial charge in [-0.1, -0.05) is 0 Å². The van der Waals surface area contributed by atoms with Crippen molar-refractivity contribution in [2.45, 2.75) is 12.6 Å². The van der Waals surface area contributed by atoms with Crippen LogP contribution in [0.2, 0.25) is 0 Å². The number of ether oxygens (including phenoxy) is 1. The molecular weight excluding hydrogens is 276 g/mol. The van der Waals surface area contributed by atoms with Crippen LogP contribution in [0.1, 0.15) is 17.6 Å². The summed E-state index contributed by atoms with van der Waals surface area (Å²) in [7, 11) is 1.50. The minimum Gasteiger partial charge on any atom is -0.467 e.